The molecule has 0 atom stereocenters. The van der Waals surface area contributed by atoms with Crippen LogP contribution in [0.4, 0.5) is 10.5 Å². The van der Waals surface area contributed by atoms with Crippen LogP contribution in [0.25, 0.3) is 22.0 Å². The van der Waals surface area contributed by atoms with Crippen molar-refractivity contribution in [3.63, 3.8) is 0 Å². The molecule has 5 rings (SSSR count). The van der Waals surface area contributed by atoms with Gasteiger partial charge in [-0.1, -0.05) is 42.5 Å². The fourth-order valence-electron chi connectivity index (χ4n) is 4.28. The van der Waals surface area contributed by atoms with Gasteiger partial charge in [0.2, 0.25) is 0 Å². The molecule has 1 aromatic heterocycles. The summed E-state index contributed by atoms with van der Waals surface area (Å²) in [6.07, 6.45) is 1.78. The van der Waals surface area contributed by atoms with Crippen LogP contribution in [0.1, 0.15) is 15.9 Å². The van der Waals surface area contributed by atoms with Crippen LogP contribution in [0.15, 0.2) is 85.1 Å². The second-order valence-electron chi connectivity index (χ2n) is 8.56. The van der Waals surface area contributed by atoms with Crippen LogP contribution in [0.3, 0.4) is 0 Å². The third-order valence-corrected chi connectivity index (χ3v) is 6.29. The molecular formula is C28H26N4O4. The van der Waals surface area contributed by atoms with Crippen molar-refractivity contribution in [1.29, 1.82) is 0 Å². The molecule has 1 saturated heterocycles. The Morgan fingerprint density at radius 2 is 1.67 bits per heavy atom. The number of nitrogens with one attached hydrogen (secondary N) is 1. The number of anilines is 1. The second kappa shape index (κ2) is 10.6. The van der Waals surface area contributed by atoms with Gasteiger partial charge in [-0.05, 0) is 53.1 Å². The number of carbonyl (C=O) groups excluding carboxylic acids is 2. The molecule has 3 aromatic carbocycles. The number of urea groups is 1. The highest BCUT2D eigenvalue weighted by Crippen LogP contribution is 2.27. The Kier molecular flexibility index (Phi) is 6.88. The summed E-state index contributed by atoms with van der Waals surface area (Å²) in [5, 5.41) is 9.94. The second-order valence-corrected chi connectivity index (χ2v) is 8.56. The molecule has 0 spiro atoms. The third kappa shape index (κ3) is 5.05. The molecule has 0 saturated carbocycles. The van der Waals surface area contributed by atoms with Gasteiger partial charge in [-0.2, -0.15) is 0 Å². The van der Waals surface area contributed by atoms with Gasteiger partial charge >= 0.3 is 6.03 Å². The Bertz CT molecular complexity index is 1370. The Hall–Kier alpha value is -4.27. The minimum absolute atomic E-state index is 0.0990. The third-order valence-electron chi connectivity index (χ3n) is 6.29. The predicted octanol–water partition coefficient (Wildman–Crippen LogP) is 4.48. The Balaban J connectivity index is 1.42. The van der Waals surface area contributed by atoms with Crippen LogP contribution in [0.5, 0.6) is 0 Å². The molecule has 0 bridgehead atoms. The van der Waals surface area contributed by atoms with E-state index < -0.39 is 5.91 Å². The number of benzene rings is 3. The van der Waals surface area contributed by atoms with E-state index in [0.29, 0.717) is 38.4 Å². The number of ether oxygens (including phenoxy) is 1. The zero-order chi connectivity index (χ0) is 24.9. The first kappa shape index (κ1) is 23.5. The lowest BCUT2D eigenvalue weighted by Crippen LogP contribution is -2.48. The maximum absolute atomic E-state index is 13.5. The van der Waals surface area contributed by atoms with E-state index in [1.807, 2.05) is 36.4 Å². The first-order chi connectivity index (χ1) is 17.6. The van der Waals surface area contributed by atoms with Crippen LogP contribution < -0.4 is 10.4 Å². The maximum atomic E-state index is 13.5. The molecule has 1 aliphatic rings. The summed E-state index contributed by atoms with van der Waals surface area (Å²) in [5.74, 6) is -0.581. The fourth-order valence-corrected chi connectivity index (χ4v) is 4.28. The molecule has 182 valence electrons. The van der Waals surface area contributed by atoms with Crippen LogP contribution >= 0.6 is 0 Å². The van der Waals surface area contributed by atoms with Crippen molar-refractivity contribution >= 4 is 28.5 Å². The van der Waals surface area contributed by atoms with Gasteiger partial charge in [0.15, 0.2) is 0 Å². The molecule has 8 nitrogen and oxygen atoms in total. The summed E-state index contributed by atoms with van der Waals surface area (Å²) >= 11 is 0. The SMILES string of the molecule is O=C(NO)c1ccc(CN(C(=O)N2CCOCC2)c2ccc(-c3ccc4cccnc4c3)cc2)cc1. The number of rotatable bonds is 5. The van der Waals surface area contributed by atoms with E-state index in [-0.39, 0.29) is 6.03 Å². The van der Waals surface area contributed by atoms with E-state index >= 15 is 0 Å². The van der Waals surface area contributed by atoms with E-state index in [0.717, 1.165) is 33.3 Å². The molecule has 4 aromatic rings. The van der Waals surface area contributed by atoms with Crippen molar-refractivity contribution < 1.29 is 19.5 Å². The van der Waals surface area contributed by atoms with Crippen molar-refractivity contribution in [2.24, 2.45) is 0 Å². The molecule has 1 aliphatic heterocycles. The Morgan fingerprint density at radius 1 is 0.944 bits per heavy atom. The van der Waals surface area contributed by atoms with Gasteiger partial charge < -0.3 is 9.64 Å². The van der Waals surface area contributed by atoms with E-state index in [1.54, 1.807) is 45.7 Å². The molecular weight excluding hydrogens is 456 g/mol. The van der Waals surface area contributed by atoms with Crippen molar-refractivity contribution in [3.8, 4) is 11.1 Å². The van der Waals surface area contributed by atoms with Gasteiger partial charge in [-0.25, -0.2) is 10.3 Å². The smallest absolute Gasteiger partial charge is 0.324 e. The summed E-state index contributed by atoms with van der Waals surface area (Å²) in [5.41, 5.74) is 6.61. The number of hydrogen-bond donors (Lipinski definition) is 2. The summed E-state index contributed by atoms with van der Waals surface area (Å²) < 4.78 is 5.42. The largest absolute Gasteiger partial charge is 0.378 e. The van der Waals surface area contributed by atoms with E-state index in [9.17, 15) is 9.59 Å². The van der Waals surface area contributed by atoms with E-state index in [1.165, 1.54) is 0 Å². The Labute approximate surface area is 208 Å². The van der Waals surface area contributed by atoms with Gasteiger partial charge in [0.25, 0.3) is 5.91 Å². The molecule has 0 unspecified atom stereocenters. The average molecular weight is 483 g/mol. The first-order valence-electron chi connectivity index (χ1n) is 11.8. The normalized spacial score (nSPS) is 13.4. The quantitative estimate of drug-likeness (QED) is 0.323. The van der Waals surface area contributed by atoms with Gasteiger partial charge in [-0.3, -0.25) is 19.9 Å². The lowest BCUT2D eigenvalue weighted by Gasteiger charge is -2.33. The lowest BCUT2D eigenvalue weighted by molar-refractivity contribution is 0.0548. The van der Waals surface area contributed by atoms with Crippen molar-refractivity contribution in [3.05, 3.63) is 96.2 Å². The number of carbonyl (C=O) groups is 2. The monoisotopic (exact) mass is 482 g/mol. The molecule has 1 fully saturated rings. The summed E-state index contributed by atoms with van der Waals surface area (Å²) in [6, 6.07) is 24.8. The topological polar surface area (TPSA) is 95.0 Å². The van der Waals surface area contributed by atoms with E-state index in [4.69, 9.17) is 9.94 Å². The highest BCUT2D eigenvalue weighted by Gasteiger charge is 2.24. The molecule has 2 heterocycles. The average Bonchev–Trinajstić information content (AvgIpc) is 2.96. The highest BCUT2D eigenvalue weighted by atomic mass is 16.5. The molecule has 2 N–H and O–H groups in total. The minimum Gasteiger partial charge on any atom is -0.378 e. The number of hydrogen-bond acceptors (Lipinski definition) is 5. The summed E-state index contributed by atoms with van der Waals surface area (Å²) in [4.78, 5) is 33.1. The lowest BCUT2D eigenvalue weighted by atomic mass is 10.0. The minimum atomic E-state index is -0.581. The van der Waals surface area contributed by atoms with E-state index in [2.05, 4.69) is 23.2 Å². The van der Waals surface area contributed by atoms with Gasteiger partial charge in [0.05, 0.1) is 25.3 Å². The number of amides is 3. The van der Waals surface area contributed by atoms with Crippen molar-refractivity contribution in [1.82, 2.24) is 15.4 Å². The maximum Gasteiger partial charge on any atom is 0.324 e. The number of hydroxylamine groups is 1. The van der Waals surface area contributed by atoms with Crippen LogP contribution in [-0.4, -0.2) is 53.3 Å². The van der Waals surface area contributed by atoms with Crippen LogP contribution in [-0.2, 0) is 11.3 Å². The molecule has 3 amide bonds. The molecule has 0 radical (unpaired) electrons. The number of morpholine rings is 1. The van der Waals surface area contributed by atoms with Crippen LogP contribution in [0.2, 0.25) is 0 Å². The number of pyridine rings is 1. The zero-order valence-electron chi connectivity index (χ0n) is 19.6. The predicted molar refractivity (Wildman–Crippen MR) is 137 cm³/mol. The molecule has 36 heavy (non-hydrogen) atoms. The van der Waals surface area contributed by atoms with Crippen LogP contribution in [0, 0.1) is 0 Å². The fraction of sp³-hybridized carbons (Fsp3) is 0.179. The van der Waals surface area contributed by atoms with Crippen molar-refractivity contribution in [2.45, 2.75) is 6.54 Å². The summed E-state index contributed by atoms with van der Waals surface area (Å²) in [6.45, 7) is 2.43. The van der Waals surface area contributed by atoms with Gasteiger partial charge in [0, 0.05) is 35.9 Å². The first-order valence-corrected chi connectivity index (χ1v) is 11.8. The Morgan fingerprint density at radius 3 is 2.39 bits per heavy atom. The number of nitrogens with zero attached hydrogens (tertiary/aromatic N) is 3. The summed E-state index contributed by atoms with van der Waals surface area (Å²) in [7, 11) is 0. The number of fused-ring (bicyclic) bond motifs is 1. The molecule has 0 aliphatic carbocycles. The zero-order valence-corrected chi connectivity index (χ0v) is 19.6. The number of aromatic nitrogens is 1. The highest BCUT2D eigenvalue weighted by molar-refractivity contribution is 5.94. The van der Waals surface area contributed by atoms with Gasteiger partial charge in [-0.15, -0.1) is 0 Å². The van der Waals surface area contributed by atoms with Crippen molar-refractivity contribution in [2.75, 3.05) is 31.2 Å². The molecule has 8 heteroatoms. The standard InChI is InChI=1S/C28H26N4O4/c33-27(30-35)23-5-3-20(4-6-23)19-32(28(34)31-14-16-36-17-15-31)25-11-9-21(10-12-25)24-8-7-22-2-1-13-29-26(22)18-24/h1-13,18,35H,14-17,19H2,(H,30,33). The van der Waals surface area contributed by atoms with Gasteiger partial charge in [0.1, 0.15) is 0 Å².